The summed E-state index contributed by atoms with van der Waals surface area (Å²) in [6.45, 7) is 4.91. The smallest absolute Gasteiger partial charge is 0.241 e. The Bertz CT molecular complexity index is 728. The van der Waals surface area contributed by atoms with Crippen LogP contribution in [0, 0.1) is 5.82 Å². The highest BCUT2D eigenvalue weighted by Crippen LogP contribution is 2.21. The zero-order valence-electron chi connectivity index (χ0n) is 14.2. The highest BCUT2D eigenvalue weighted by Gasteiger charge is 2.26. The fourth-order valence-corrected chi connectivity index (χ4v) is 3.00. The van der Waals surface area contributed by atoms with Crippen molar-refractivity contribution in [2.75, 3.05) is 36.4 Å². The van der Waals surface area contributed by atoms with Crippen molar-refractivity contribution in [1.82, 2.24) is 4.90 Å². The van der Waals surface area contributed by atoms with E-state index in [1.54, 1.807) is 30.3 Å². The molecule has 132 valence electrons. The summed E-state index contributed by atoms with van der Waals surface area (Å²) >= 11 is 0. The van der Waals surface area contributed by atoms with Crippen molar-refractivity contribution in [2.45, 2.75) is 13.0 Å². The van der Waals surface area contributed by atoms with E-state index in [1.165, 1.54) is 6.07 Å². The Labute approximate surface area is 146 Å². The van der Waals surface area contributed by atoms with Crippen LogP contribution in [-0.4, -0.2) is 48.1 Å². The Morgan fingerprint density at radius 1 is 1.08 bits per heavy atom. The largest absolute Gasteiger partial charge is 0.508 e. The zero-order chi connectivity index (χ0) is 17.8. The van der Waals surface area contributed by atoms with E-state index in [-0.39, 0.29) is 23.4 Å². The number of carbonyl (C=O) groups excluding carboxylic acids is 1. The Morgan fingerprint density at radius 3 is 2.36 bits per heavy atom. The van der Waals surface area contributed by atoms with Crippen LogP contribution < -0.4 is 10.2 Å². The Balaban J connectivity index is 1.56. The molecule has 0 aromatic heterocycles. The predicted molar refractivity (Wildman–Crippen MR) is 96.4 cm³/mol. The van der Waals surface area contributed by atoms with Crippen LogP contribution in [0.2, 0.25) is 0 Å². The van der Waals surface area contributed by atoms with Crippen LogP contribution in [0.25, 0.3) is 0 Å². The van der Waals surface area contributed by atoms with Gasteiger partial charge in [-0.15, -0.1) is 0 Å². The molecule has 2 N–H and O–H groups in total. The lowest BCUT2D eigenvalue weighted by molar-refractivity contribution is -0.120. The SMILES string of the molecule is CC(C(=O)Nc1ccccc1F)N1CCN(c2ccc(O)cc2)CC1. The van der Waals surface area contributed by atoms with Crippen molar-refractivity contribution in [1.29, 1.82) is 0 Å². The van der Waals surface area contributed by atoms with Crippen molar-refractivity contribution in [2.24, 2.45) is 0 Å². The molecule has 5 nitrogen and oxygen atoms in total. The van der Waals surface area contributed by atoms with E-state index in [1.807, 2.05) is 19.1 Å². The number of halogens is 1. The van der Waals surface area contributed by atoms with Crippen molar-refractivity contribution in [3.8, 4) is 5.75 Å². The van der Waals surface area contributed by atoms with Crippen LogP contribution in [0.4, 0.5) is 15.8 Å². The minimum Gasteiger partial charge on any atom is -0.508 e. The summed E-state index contributed by atoms with van der Waals surface area (Å²) in [4.78, 5) is 16.7. The van der Waals surface area contributed by atoms with Gasteiger partial charge < -0.3 is 15.3 Å². The molecule has 1 heterocycles. The molecule has 3 rings (SSSR count). The molecule has 1 saturated heterocycles. The minimum atomic E-state index is -0.430. The van der Waals surface area contributed by atoms with Crippen molar-refractivity contribution >= 4 is 17.3 Å². The lowest BCUT2D eigenvalue weighted by Gasteiger charge is -2.38. The minimum absolute atomic E-state index is 0.205. The first-order chi connectivity index (χ1) is 12.0. The lowest BCUT2D eigenvalue weighted by atomic mass is 10.2. The molecular weight excluding hydrogens is 321 g/mol. The molecule has 0 aliphatic carbocycles. The van der Waals surface area contributed by atoms with E-state index in [2.05, 4.69) is 15.1 Å². The van der Waals surface area contributed by atoms with Gasteiger partial charge in [-0.2, -0.15) is 0 Å². The third-order valence-electron chi connectivity index (χ3n) is 4.59. The molecule has 1 aliphatic heterocycles. The quantitative estimate of drug-likeness (QED) is 0.896. The van der Waals surface area contributed by atoms with E-state index < -0.39 is 5.82 Å². The first-order valence-electron chi connectivity index (χ1n) is 8.38. The molecule has 1 atom stereocenters. The lowest BCUT2D eigenvalue weighted by Crippen LogP contribution is -2.52. The van der Waals surface area contributed by atoms with Gasteiger partial charge in [-0.3, -0.25) is 9.69 Å². The van der Waals surface area contributed by atoms with E-state index >= 15 is 0 Å². The predicted octanol–water partition coefficient (Wildman–Crippen LogP) is 2.68. The summed E-state index contributed by atoms with van der Waals surface area (Å²) in [5.41, 5.74) is 1.27. The maximum atomic E-state index is 13.7. The highest BCUT2D eigenvalue weighted by molar-refractivity contribution is 5.94. The van der Waals surface area contributed by atoms with Crippen molar-refractivity contribution < 1.29 is 14.3 Å². The molecule has 1 unspecified atom stereocenters. The number of anilines is 2. The number of amides is 1. The average Bonchev–Trinajstić information content (AvgIpc) is 2.64. The van der Waals surface area contributed by atoms with Gasteiger partial charge in [0.2, 0.25) is 5.91 Å². The van der Waals surface area contributed by atoms with Crippen LogP contribution in [0.5, 0.6) is 5.75 Å². The summed E-state index contributed by atoms with van der Waals surface area (Å²) in [5, 5.41) is 12.0. The number of phenolic OH excluding ortho intramolecular Hbond substituents is 1. The molecule has 0 bridgehead atoms. The number of hydrogen-bond donors (Lipinski definition) is 2. The van der Waals surface area contributed by atoms with Gasteiger partial charge in [-0.1, -0.05) is 12.1 Å². The Hall–Kier alpha value is -2.60. The molecule has 2 aromatic rings. The van der Waals surface area contributed by atoms with E-state index in [9.17, 15) is 14.3 Å². The summed E-state index contributed by atoms with van der Waals surface area (Å²) in [5.74, 6) is -0.385. The van der Waals surface area contributed by atoms with Gasteiger partial charge in [0.1, 0.15) is 11.6 Å². The molecule has 0 radical (unpaired) electrons. The van der Waals surface area contributed by atoms with E-state index in [0.717, 1.165) is 31.9 Å². The number of nitrogens with one attached hydrogen (secondary N) is 1. The summed E-state index contributed by atoms with van der Waals surface area (Å²) in [6, 6.07) is 13.0. The molecule has 0 spiro atoms. The molecule has 1 aliphatic rings. The molecule has 0 saturated carbocycles. The second-order valence-electron chi connectivity index (χ2n) is 6.18. The first kappa shape index (κ1) is 17.2. The van der Waals surface area contributed by atoms with Gasteiger partial charge in [-0.25, -0.2) is 4.39 Å². The number of aromatic hydroxyl groups is 1. The number of nitrogens with zero attached hydrogens (tertiary/aromatic N) is 2. The number of rotatable bonds is 4. The Kier molecular flexibility index (Phi) is 5.19. The number of hydrogen-bond acceptors (Lipinski definition) is 4. The van der Waals surface area contributed by atoms with Gasteiger partial charge in [-0.05, 0) is 43.3 Å². The highest BCUT2D eigenvalue weighted by atomic mass is 19.1. The maximum absolute atomic E-state index is 13.7. The zero-order valence-corrected chi connectivity index (χ0v) is 14.2. The van der Waals surface area contributed by atoms with Crippen LogP contribution in [0.3, 0.4) is 0 Å². The topological polar surface area (TPSA) is 55.8 Å². The second-order valence-corrected chi connectivity index (χ2v) is 6.18. The summed E-state index contributed by atoms with van der Waals surface area (Å²) in [7, 11) is 0. The summed E-state index contributed by atoms with van der Waals surface area (Å²) in [6.07, 6.45) is 0. The molecule has 1 fully saturated rings. The fraction of sp³-hybridized carbons (Fsp3) is 0.316. The number of piperazine rings is 1. The number of benzene rings is 2. The fourth-order valence-electron chi connectivity index (χ4n) is 3.00. The molecule has 2 aromatic carbocycles. The van der Waals surface area contributed by atoms with Crippen LogP contribution in [-0.2, 0) is 4.79 Å². The second kappa shape index (κ2) is 7.53. The maximum Gasteiger partial charge on any atom is 0.241 e. The van der Waals surface area contributed by atoms with Crippen LogP contribution >= 0.6 is 0 Å². The summed E-state index contributed by atoms with van der Waals surface area (Å²) < 4.78 is 13.7. The number of para-hydroxylation sites is 1. The molecule has 6 heteroatoms. The van der Waals surface area contributed by atoms with Gasteiger partial charge >= 0.3 is 0 Å². The molecule has 25 heavy (non-hydrogen) atoms. The van der Waals surface area contributed by atoms with E-state index in [4.69, 9.17) is 0 Å². The standard InChI is InChI=1S/C19H22FN3O2/c1-14(19(25)21-18-5-3-2-4-17(18)20)22-10-12-23(13-11-22)15-6-8-16(24)9-7-15/h2-9,14,24H,10-13H2,1H3,(H,21,25). The van der Waals surface area contributed by atoms with Gasteiger partial charge in [0.05, 0.1) is 11.7 Å². The van der Waals surface area contributed by atoms with Crippen LogP contribution in [0.1, 0.15) is 6.92 Å². The van der Waals surface area contributed by atoms with Crippen molar-refractivity contribution in [3.05, 3.63) is 54.3 Å². The van der Waals surface area contributed by atoms with Crippen molar-refractivity contribution in [3.63, 3.8) is 0 Å². The van der Waals surface area contributed by atoms with E-state index in [0.29, 0.717) is 0 Å². The van der Waals surface area contributed by atoms with Crippen LogP contribution in [0.15, 0.2) is 48.5 Å². The molecular formula is C19H22FN3O2. The number of phenols is 1. The van der Waals surface area contributed by atoms with Gasteiger partial charge in [0, 0.05) is 31.9 Å². The Morgan fingerprint density at radius 2 is 1.72 bits per heavy atom. The van der Waals surface area contributed by atoms with Gasteiger partial charge in [0.25, 0.3) is 0 Å². The first-order valence-corrected chi connectivity index (χ1v) is 8.38. The monoisotopic (exact) mass is 343 g/mol. The molecule has 1 amide bonds. The average molecular weight is 343 g/mol. The normalized spacial score (nSPS) is 16.5. The number of carbonyl (C=O) groups is 1. The third kappa shape index (κ3) is 4.09. The van der Waals surface area contributed by atoms with Gasteiger partial charge in [0.15, 0.2) is 0 Å². The third-order valence-corrected chi connectivity index (χ3v) is 4.59.